The van der Waals surface area contributed by atoms with Gasteiger partial charge in [0.25, 0.3) is 0 Å². The molecule has 1 aliphatic heterocycles. The molecule has 7 nitrogen and oxygen atoms in total. The summed E-state index contributed by atoms with van der Waals surface area (Å²) in [5, 5.41) is 7.60. The summed E-state index contributed by atoms with van der Waals surface area (Å²) < 4.78 is 1.59. The molecule has 1 unspecified atom stereocenters. The predicted octanol–water partition coefficient (Wildman–Crippen LogP) is 2.34. The first-order valence-corrected chi connectivity index (χ1v) is 8.65. The number of hydrogen-bond donors (Lipinski definition) is 2. The van der Waals surface area contributed by atoms with Crippen molar-refractivity contribution in [3.8, 4) is 5.69 Å². The minimum atomic E-state index is -0.0881. The van der Waals surface area contributed by atoms with Crippen LogP contribution >= 0.6 is 24.0 Å². The van der Waals surface area contributed by atoms with Crippen LogP contribution in [-0.4, -0.2) is 51.2 Å². The van der Waals surface area contributed by atoms with Crippen molar-refractivity contribution in [2.45, 2.75) is 26.3 Å². The van der Waals surface area contributed by atoms with Crippen LogP contribution in [0.1, 0.15) is 20.3 Å². The zero-order chi connectivity index (χ0) is 18.0. The van der Waals surface area contributed by atoms with E-state index in [0.29, 0.717) is 17.3 Å². The summed E-state index contributed by atoms with van der Waals surface area (Å²) in [5.41, 5.74) is 7.49. The number of likely N-dealkylation sites (tertiary alicyclic amines) is 1. The van der Waals surface area contributed by atoms with Crippen molar-refractivity contribution in [2.75, 3.05) is 25.0 Å². The molecule has 0 saturated carbocycles. The van der Waals surface area contributed by atoms with Gasteiger partial charge in [0.1, 0.15) is 12.7 Å². The maximum Gasteiger partial charge on any atom is 0.238 e. The maximum atomic E-state index is 12.5. The molecule has 0 aliphatic carbocycles. The lowest BCUT2D eigenvalue weighted by Gasteiger charge is -2.42. The summed E-state index contributed by atoms with van der Waals surface area (Å²) >= 11 is 6.09. The summed E-state index contributed by atoms with van der Waals surface area (Å²) in [7, 11) is 0. The molecule has 3 rings (SSSR count). The van der Waals surface area contributed by atoms with Crippen LogP contribution in [0.4, 0.5) is 5.69 Å². The van der Waals surface area contributed by atoms with Crippen molar-refractivity contribution in [1.82, 2.24) is 19.7 Å². The minimum Gasteiger partial charge on any atom is -0.327 e. The summed E-state index contributed by atoms with van der Waals surface area (Å²) in [6.07, 6.45) is 3.91. The quantitative estimate of drug-likeness (QED) is 0.824. The number of amides is 1. The Morgan fingerprint density at radius 1 is 1.46 bits per heavy atom. The number of aromatic nitrogens is 3. The first-order valence-electron chi connectivity index (χ1n) is 8.27. The number of carbonyl (C=O) groups excluding carboxylic acids is 1. The van der Waals surface area contributed by atoms with E-state index in [0.717, 1.165) is 25.2 Å². The Bertz CT molecular complexity index is 750. The molecule has 142 valence electrons. The molecule has 1 amide bonds. The smallest absolute Gasteiger partial charge is 0.238 e. The van der Waals surface area contributed by atoms with Crippen LogP contribution in [0.2, 0.25) is 5.02 Å². The molecule has 3 N–H and O–H groups in total. The Labute approximate surface area is 164 Å². The number of rotatable bonds is 4. The van der Waals surface area contributed by atoms with Gasteiger partial charge in [-0.25, -0.2) is 9.67 Å². The number of nitrogens with one attached hydrogen (secondary N) is 1. The Morgan fingerprint density at radius 2 is 2.23 bits per heavy atom. The van der Waals surface area contributed by atoms with Crippen molar-refractivity contribution in [3.05, 3.63) is 35.9 Å². The van der Waals surface area contributed by atoms with Crippen LogP contribution in [0.5, 0.6) is 0 Å². The van der Waals surface area contributed by atoms with Crippen LogP contribution in [0.25, 0.3) is 5.69 Å². The zero-order valence-electron chi connectivity index (χ0n) is 14.9. The van der Waals surface area contributed by atoms with E-state index in [4.69, 9.17) is 17.3 Å². The Balaban J connectivity index is 0.00000243. The van der Waals surface area contributed by atoms with E-state index in [1.165, 1.54) is 6.33 Å². The number of hydrogen-bond acceptors (Lipinski definition) is 5. The van der Waals surface area contributed by atoms with Crippen molar-refractivity contribution in [1.29, 1.82) is 0 Å². The molecule has 1 aromatic carbocycles. The van der Waals surface area contributed by atoms with Gasteiger partial charge in [0, 0.05) is 24.2 Å². The second-order valence-electron chi connectivity index (χ2n) is 7.14. The molecule has 0 bridgehead atoms. The van der Waals surface area contributed by atoms with E-state index in [-0.39, 0.29) is 29.8 Å². The lowest BCUT2D eigenvalue weighted by Crippen LogP contribution is -2.53. The molecular formula is C17H24Cl2N6O. The lowest BCUT2D eigenvalue weighted by molar-refractivity contribution is -0.118. The van der Waals surface area contributed by atoms with Crippen LogP contribution < -0.4 is 11.1 Å². The molecule has 1 fully saturated rings. The Kier molecular flexibility index (Phi) is 6.63. The average molecular weight is 399 g/mol. The van der Waals surface area contributed by atoms with Gasteiger partial charge in [-0.3, -0.25) is 9.69 Å². The highest BCUT2D eigenvalue weighted by molar-refractivity contribution is 6.31. The van der Waals surface area contributed by atoms with Gasteiger partial charge < -0.3 is 11.1 Å². The second kappa shape index (κ2) is 8.35. The van der Waals surface area contributed by atoms with E-state index < -0.39 is 0 Å². The molecule has 1 aromatic heterocycles. The summed E-state index contributed by atoms with van der Waals surface area (Å²) in [4.78, 5) is 18.6. The third kappa shape index (κ3) is 4.73. The number of nitrogens with two attached hydrogens (primary N) is 1. The number of benzene rings is 1. The van der Waals surface area contributed by atoms with Crippen LogP contribution in [-0.2, 0) is 4.79 Å². The molecule has 0 radical (unpaired) electrons. The molecule has 2 aromatic rings. The van der Waals surface area contributed by atoms with Crippen LogP contribution in [0.15, 0.2) is 30.9 Å². The second-order valence-corrected chi connectivity index (χ2v) is 7.58. The normalized spacial score (nSPS) is 19.6. The molecule has 0 spiro atoms. The van der Waals surface area contributed by atoms with Crippen molar-refractivity contribution >= 4 is 35.6 Å². The van der Waals surface area contributed by atoms with Crippen LogP contribution in [0, 0.1) is 5.41 Å². The van der Waals surface area contributed by atoms with E-state index in [9.17, 15) is 4.79 Å². The first kappa shape index (κ1) is 20.6. The van der Waals surface area contributed by atoms with E-state index in [1.54, 1.807) is 29.2 Å². The van der Waals surface area contributed by atoms with Gasteiger partial charge in [0.2, 0.25) is 5.91 Å². The van der Waals surface area contributed by atoms with E-state index >= 15 is 0 Å². The van der Waals surface area contributed by atoms with Gasteiger partial charge in [-0.15, -0.1) is 12.4 Å². The molecule has 2 heterocycles. The lowest BCUT2D eigenvalue weighted by atomic mass is 9.80. The van der Waals surface area contributed by atoms with Crippen LogP contribution in [0.3, 0.4) is 0 Å². The van der Waals surface area contributed by atoms with Gasteiger partial charge in [0.05, 0.1) is 17.9 Å². The Hall–Kier alpha value is -1.67. The SMILES string of the molecule is CC1(C)CN(CC(=O)Nc2cc(Cl)ccc2-n2cncn2)CCC1N.Cl. The van der Waals surface area contributed by atoms with Gasteiger partial charge in [-0.2, -0.15) is 5.10 Å². The molecule has 1 aliphatic rings. The van der Waals surface area contributed by atoms with Crippen molar-refractivity contribution < 1.29 is 4.79 Å². The Morgan fingerprint density at radius 3 is 2.88 bits per heavy atom. The molecule has 1 saturated heterocycles. The van der Waals surface area contributed by atoms with Crippen molar-refractivity contribution in [3.63, 3.8) is 0 Å². The third-order valence-electron chi connectivity index (χ3n) is 4.66. The average Bonchev–Trinajstić information content (AvgIpc) is 3.05. The fourth-order valence-electron chi connectivity index (χ4n) is 3.15. The topological polar surface area (TPSA) is 89.1 Å². The number of nitrogens with zero attached hydrogens (tertiary/aromatic N) is 4. The van der Waals surface area contributed by atoms with Gasteiger partial charge >= 0.3 is 0 Å². The largest absolute Gasteiger partial charge is 0.327 e. The number of halogens is 2. The summed E-state index contributed by atoms with van der Waals surface area (Å²) in [6.45, 7) is 6.22. The first-order chi connectivity index (χ1) is 11.8. The van der Waals surface area contributed by atoms with E-state index in [1.807, 2.05) is 0 Å². The number of piperidine rings is 1. The zero-order valence-corrected chi connectivity index (χ0v) is 16.4. The summed E-state index contributed by atoms with van der Waals surface area (Å²) in [5.74, 6) is -0.0881. The third-order valence-corrected chi connectivity index (χ3v) is 4.89. The van der Waals surface area contributed by atoms with E-state index in [2.05, 4.69) is 34.1 Å². The summed E-state index contributed by atoms with van der Waals surface area (Å²) in [6, 6.07) is 5.43. The molecule has 1 atom stereocenters. The predicted molar refractivity (Wildman–Crippen MR) is 105 cm³/mol. The highest BCUT2D eigenvalue weighted by Crippen LogP contribution is 2.28. The minimum absolute atomic E-state index is 0. The highest BCUT2D eigenvalue weighted by atomic mass is 35.5. The standard InChI is InChI=1S/C17H23ClN6O.ClH/c1-17(2)9-23(6-5-15(17)19)8-16(25)22-13-7-12(18)3-4-14(13)24-11-20-10-21-24;/h3-4,7,10-11,15H,5-6,8-9,19H2,1-2H3,(H,22,25);1H. The molecule has 26 heavy (non-hydrogen) atoms. The van der Waals surface area contributed by atoms with Gasteiger partial charge in [-0.1, -0.05) is 25.4 Å². The number of carbonyl (C=O) groups is 1. The maximum absolute atomic E-state index is 12.5. The van der Waals surface area contributed by atoms with Crippen molar-refractivity contribution in [2.24, 2.45) is 11.1 Å². The fourth-order valence-corrected chi connectivity index (χ4v) is 3.33. The highest BCUT2D eigenvalue weighted by Gasteiger charge is 2.33. The van der Waals surface area contributed by atoms with Gasteiger partial charge in [-0.05, 0) is 30.0 Å². The molecular weight excluding hydrogens is 375 g/mol. The fraction of sp³-hybridized carbons (Fsp3) is 0.471. The number of anilines is 1. The van der Waals surface area contributed by atoms with Gasteiger partial charge in [0.15, 0.2) is 0 Å². The molecule has 9 heteroatoms. The monoisotopic (exact) mass is 398 g/mol.